The monoisotopic (exact) mass is 396 g/mol. The SMILES string of the molecule is O=C(NCCN1CCOCC1)c1cccc(-c2ccc(N3CCOCC3)nc2)c1. The van der Waals surface area contributed by atoms with Crippen molar-refractivity contribution >= 4 is 11.7 Å². The van der Waals surface area contributed by atoms with Gasteiger partial charge >= 0.3 is 0 Å². The van der Waals surface area contributed by atoms with Crippen molar-refractivity contribution in [1.82, 2.24) is 15.2 Å². The number of pyridine rings is 1. The lowest BCUT2D eigenvalue weighted by molar-refractivity contribution is 0.0383. The Morgan fingerprint density at radius 3 is 2.45 bits per heavy atom. The van der Waals surface area contributed by atoms with Crippen molar-refractivity contribution in [3.63, 3.8) is 0 Å². The third-order valence-electron chi connectivity index (χ3n) is 5.36. The maximum absolute atomic E-state index is 12.5. The maximum Gasteiger partial charge on any atom is 0.251 e. The molecule has 7 nitrogen and oxygen atoms in total. The van der Waals surface area contributed by atoms with Crippen molar-refractivity contribution in [2.75, 3.05) is 70.6 Å². The zero-order chi connectivity index (χ0) is 19.9. The number of carbonyl (C=O) groups is 1. The van der Waals surface area contributed by atoms with Gasteiger partial charge in [-0.2, -0.15) is 0 Å². The highest BCUT2D eigenvalue weighted by molar-refractivity contribution is 5.95. The number of nitrogens with zero attached hydrogens (tertiary/aromatic N) is 3. The summed E-state index contributed by atoms with van der Waals surface area (Å²) in [5, 5.41) is 3.02. The van der Waals surface area contributed by atoms with E-state index in [0.29, 0.717) is 12.1 Å². The summed E-state index contributed by atoms with van der Waals surface area (Å²) in [6.07, 6.45) is 1.88. The molecular formula is C22H28N4O3. The molecule has 3 heterocycles. The highest BCUT2D eigenvalue weighted by Crippen LogP contribution is 2.22. The molecule has 2 saturated heterocycles. The number of anilines is 1. The molecule has 29 heavy (non-hydrogen) atoms. The van der Waals surface area contributed by atoms with Crippen LogP contribution in [0.15, 0.2) is 42.6 Å². The van der Waals surface area contributed by atoms with Gasteiger partial charge in [-0.1, -0.05) is 12.1 Å². The van der Waals surface area contributed by atoms with Gasteiger partial charge in [0, 0.05) is 56.6 Å². The van der Waals surface area contributed by atoms with E-state index in [1.807, 2.05) is 36.5 Å². The van der Waals surface area contributed by atoms with Gasteiger partial charge in [-0.05, 0) is 29.8 Å². The van der Waals surface area contributed by atoms with Gasteiger partial charge in [0.15, 0.2) is 0 Å². The van der Waals surface area contributed by atoms with E-state index in [1.54, 1.807) is 0 Å². The first-order valence-corrected chi connectivity index (χ1v) is 10.3. The molecular weight excluding hydrogens is 368 g/mol. The van der Waals surface area contributed by atoms with Crippen molar-refractivity contribution in [2.45, 2.75) is 0 Å². The Balaban J connectivity index is 1.35. The Hall–Kier alpha value is -2.48. The second-order valence-corrected chi connectivity index (χ2v) is 7.30. The molecule has 1 amide bonds. The standard InChI is InChI=1S/C22H28N4O3/c27-22(23-6-7-25-8-12-28-13-9-25)19-3-1-2-18(16-19)20-4-5-21(24-17-20)26-10-14-29-15-11-26/h1-5,16-17H,6-15H2,(H,23,27). The maximum atomic E-state index is 12.5. The van der Waals surface area contributed by atoms with E-state index < -0.39 is 0 Å². The predicted octanol–water partition coefficient (Wildman–Crippen LogP) is 1.65. The molecule has 0 bridgehead atoms. The first kappa shape index (κ1) is 19.8. The number of carbonyl (C=O) groups excluding carboxylic acids is 1. The molecule has 1 aromatic carbocycles. The van der Waals surface area contributed by atoms with Crippen LogP contribution in [0.25, 0.3) is 11.1 Å². The minimum atomic E-state index is -0.0435. The predicted molar refractivity (Wildman–Crippen MR) is 112 cm³/mol. The molecule has 0 atom stereocenters. The van der Waals surface area contributed by atoms with Gasteiger partial charge in [0.25, 0.3) is 5.91 Å². The number of morpholine rings is 2. The smallest absolute Gasteiger partial charge is 0.251 e. The van der Waals surface area contributed by atoms with Gasteiger partial charge in [0.1, 0.15) is 5.82 Å². The molecule has 2 fully saturated rings. The zero-order valence-corrected chi connectivity index (χ0v) is 16.7. The molecule has 2 aliphatic rings. The Kier molecular flexibility index (Phi) is 6.71. The fraction of sp³-hybridized carbons (Fsp3) is 0.455. The highest BCUT2D eigenvalue weighted by Gasteiger charge is 2.13. The van der Waals surface area contributed by atoms with Crippen LogP contribution in [0.1, 0.15) is 10.4 Å². The van der Waals surface area contributed by atoms with Crippen LogP contribution >= 0.6 is 0 Å². The molecule has 0 radical (unpaired) electrons. The minimum Gasteiger partial charge on any atom is -0.379 e. The lowest BCUT2D eigenvalue weighted by Gasteiger charge is -2.27. The van der Waals surface area contributed by atoms with E-state index in [1.165, 1.54) is 0 Å². The summed E-state index contributed by atoms with van der Waals surface area (Å²) in [6.45, 7) is 8.11. The fourth-order valence-electron chi connectivity index (χ4n) is 3.63. The normalized spacial score (nSPS) is 17.9. The van der Waals surface area contributed by atoms with Gasteiger partial charge < -0.3 is 19.7 Å². The van der Waals surface area contributed by atoms with Crippen LogP contribution in [0.3, 0.4) is 0 Å². The summed E-state index contributed by atoms with van der Waals surface area (Å²) in [4.78, 5) is 21.7. The van der Waals surface area contributed by atoms with E-state index in [2.05, 4.69) is 26.2 Å². The number of hydrogen-bond donors (Lipinski definition) is 1. The van der Waals surface area contributed by atoms with E-state index in [4.69, 9.17) is 9.47 Å². The van der Waals surface area contributed by atoms with Gasteiger partial charge in [-0.25, -0.2) is 4.98 Å². The largest absolute Gasteiger partial charge is 0.379 e. The Bertz CT molecular complexity index is 800. The fourth-order valence-corrected chi connectivity index (χ4v) is 3.63. The summed E-state index contributed by atoms with van der Waals surface area (Å²) in [7, 11) is 0. The highest BCUT2D eigenvalue weighted by atomic mass is 16.5. The van der Waals surface area contributed by atoms with Crippen LogP contribution in [-0.2, 0) is 9.47 Å². The second kappa shape index (κ2) is 9.82. The van der Waals surface area contributed by atoms with Crippen molar-refractivity contribution in [1.29, 1.82) is 0 Å². The van der Waals surface area contributed by atoms with Crippen LogP contribution < -0.4 is 10.2 Å². The molecule has 0 aliphatic carbocycles. The van der Waals surface area contributed by atoms with E-state index in [9.17, 15) is 4.79 Å². The summed E-state index contributed by atoms with van der Waals surface area (Å²) in [5.41, 5.74) is 2.67. The first-order chi connectivity index (χ1) is 14.3. The van der Waals surface area contributed by atoms with Crippen LogP contribution in [0.4, 0.5) is 5.82 Å². The topological polar surface area (TPSA) is 66.9 Å². The van der Waals surface area contributed by atoms with E-state index in [0.717, 1.165) is 76.1 Å². The Morgan fingerprint density at radius 2 is 1.72 bits per heavy atom. The summed E-state index contributed by atoms with van der Waals surface area (Å²) < 4.78 is 10.7. The number of aromatic nitrogens is 1. The van der Waals surface area contributed by atoms with Gasteiger partial charge in [0.2, 0.25) is 0 Å². The number of rotatable bonds is 6. The second-order valence-electron chi connectivity index (χ2n) is 7.30. The van der Waals surface area contributed by atoms with Crippen molar-refractivity contribution in [2.24, 2.45) is 0 Å². The Labute approximate surface area is 171 Å². The molecule has 2 aromatic rings. The number of benzene rings is 1. The molecule has 1 N–H and O–H groups in total. The van der Waals surface area contributed by atoms with Crippen molar-refractivity contribution < 1.29 is 14.3 Å². The number of hydrogen-bond acceptors (Lipinski definition) is 6. The van der Waals surface area contributed by atoms with Crippen molar-refractivity contribution in [3.8, 4) is 11.1 Å². The lowest BCUT2D eigenvalue weighted by Crippen LogP contribution is -2.41. The summed E-state index contributed by atoms with van der Waals surface area (Å²) in [5.74, 6) is 0.923. The van der Waals surface area contributed by atoms with Crippen LogP contribution in [0.2, 0.25) is 0 Å². The third-order valence-corrected chi connectivity index (χ3v) is 5.36. The molecule has 7 heteroatoms. The molecule has 154 valence electrons. The summed E-state index contributed by atoms with van der Waals surface area (Å²) >= 11 is 0. The van der Waals surface area contributed by atoms with E-state index in [-0.39, 0.29) is 5.91 Å². The van der Waals surface area contributed by atoms with Crippen LogP contribution in [0, 0.1) is 0 Å². The summed E-state index contributed by atoms with van der Waals surface area (Å²) in [6, 6.07) is 11.8. The molecule has 0 unspecified atom stereocenters. The lowest BCUT2D eigenvalue weighted by atomic mass is 10.0. The molecule has 2 aliphatic heterocycles. The molecule has 0 spiro atoms. The van der Waals surface area contributed by atoms with Crippen LogP contribution in [-0.4, -0.2) is 81.5 Å². The number of amides is 1. The zero-order valence-electron chi connectivity index (χ0n) is 16.7. The molecule has 4 rings (SSSR count). The number of nitrogens with one attached hydrogen (secondary N) is 1. The number of ether oxygens (including phenoxy) is 2. The first-order valence-electron chi connectivity index (χ1n) is 10.3. The molecule has 0 saturated carbocycles. The van der Waals surface area contributed by atoms with Crippen molar-refractivity contribution in [3.05, 3.63) is 48.2 Å². The van der Waals surface area contributed by atoms with Crippen LogP contribution in [0.5, 0.6) is 0 Å². The van der Waals surface area contributed by atoms with Gasteiger partial charge in [-0.3, -0.25) is 9.69 Å². The quantitative estimate of drug-likeness (QED) is 0.801. The van der Waals surface area contributed by atoms with Gasteiger partial charge in [0.05, 0.1) is 26.4 Å². The van der Waals surface area contributed by atoms with Gasteiger partial charge in [-0.15, -0.1) is 0 Å². The molecule has 1 aromatic heterocycles. The minimum absolute atomic E-state index is 0.0435. The van der Waals surface area contributed by atoms with E-state index >= 15 is 0 Å². The average molecular weight is 396 g/mol. The average Bonchev–Trinajstić information content (AvgIpc) is 2.80. The Morgan fingerprint density at radius 1 is 0.966 bits per heavy atom. The third kappa shape index (κ3) is 5.32.